The van der Waals surface area contributed by atoms with Crippen LogP contribution in [0.4, 0.5) is 5.82 Å². The molecule has 0 bridgehead atoms. The van der Waals surface area contributed by atoms with Gasteiger partial charge in [-0.25, -0.2) is 0 Å². The molecule has 2 aromatic carbocycles. The summed E-state index contributed by atoms with van der Waals surface area (Å²) >= 11 is 0. The SMILES string of the molecule is CCCCN(CC(=O)N1CCCN(c2ccc(-c3ccc(C)cc3)nn2)CC1)C(=O)c1ccc(C)cc1. The fourth-order valence-corrected chi connectivity index (χ4v) is 4.51. The molecule has 1 aliphatic heterocycles. The van der Waals surface area contributed by atoms with Gasteiger partial charge >= 0.3 is 0 Å². The Bertz CT molecular complexity index is 1180. The van der Waals surface area contributed by atoms with Gasteiger partial charge in [-0.3, -0.25) is 9.59 Å². The van der Waals surface area contributed by atoms with Gasteiger partial charge in [-0.15, -0.1) is 10.2 Å². The molecule has 7 nitrogen and oxygen atoms in total. The highest BCUT2D eigenvalue weighted by molar-refractivity contribution is 5.96. The first-order valence-electron chi connectivity index (χ1n) is 13.2. The Morgan fingerprint density at radius 1 is 0.838 bits per heavy atom. The number of carbonyl (C=O) groups is 2. The normalized spacial score (nSPS) is 13.8. The maximum absolute atomic E-state index is 13.3. The Kier molecular flexibility index (Phi) is 8.88. The monoisotopic (exact) mass is 499 g/mol. The van der Waals surface area contributed by atoms with Crippen molar-refractivity contribution in [3.05, 3.63) is 77.4 Å². The summed E-state index contributed by atoms with van der Waals surface area (Å²) in [5, 5.41) is 8.92. The van der Waals surface area contributed by atoms with Gasteiger partial charge in [-0.1, -0.05) is 60.9 Å². The van der Waals surface area contributed by atoms with Crippen LogP contribution in [0.25, 0.3) is 11.3 Å². The molecule has 0 unspecified atom stereocenters. The summed E-state index contributed by atoms with van der Waals surface area (Å²) < 4.78 is 0. The van der Waals surface area contributed by atoms with Crippen LogP contribution in [0, 0.1) is 13.8 Å². The van der Waals surface area contributed by atoms with Crippen LogP contribution < -0.4 is 4.90 Å². The van der Waals surface area contributed by atoms with Crippen LogP contribution in [0.15, 0.2) is 60.7 Å². The molecule has 4 rings (SSSR count). The summed E-state index contributed by atoms with van der Waals surface area (Å²) in [4.78, 5) is 32.2. The highest BCUT2D eigenvalue weighted by Crippen LogP contribution is 2.20. The van der Waals surface area contributed by atoms with Crippen molar-refractivity contribution in [1.82, 2.24) is 20.0 Å². The number of anilines is 1. The molecular formula is C30H37N5O2. The molecule has 0 spiro atoms. The molecule has 194 valence electrons. The van der Waals surface area contributed by atoms with Crippen LogP contribution >= 0.6 is 0 Å². The standard InChI is InChI=1S/C30H37N5O2/c1-4-5-17-35(30(37)26-13-9-24(3)10-14-26)22-29(36)34-19-6-18-33(20-21-34)28-16-15-27(31-32-28)25-11-7-23(2)8-12-25/h7-16H,4-6,17-22H2,1-3H3. The van der Waals surface area contributed by atoms with Crippen molar-refractivity contribution in [1.29, 1.82) is 0 Å². The number of hydrogen-bond acceptors (Lipinski definition) is 5. The van der Waals surface area contributed by atoms with Crippen molar-refractivity contribution in [2.45, 2.75) is 40.0 Å². The number of rotatable bonds is 8. The van der Waals surface area contributed by atoms with E-state index in [0.29, 0.717) is 31.7 Å². The quantitative estimate of drug-likeness (QED) is 0.448. The Balaban J connectivity index is 1.37. The predicted molar refractivity (Wildman–Crippen MR) is 148 cm³/mol. The van der Waals surface area contributed by atoms with E-state index >= 15 is 0 Å². The molecule has 0 saturated carbocycles. The molecule has 1 fully saturated rings. The van der Waals surface area contributed by atoms with Gasteiger partial charge in [0.1, 0.15) is 6.54 Å². The summed E-state index contributed by atoms with van der Waals surface area (Å²) in [6, 6.07) is 19.8. The van der Waals surface area contributed by atoms with Crippen molar-refractivity contribution >= 4 is 17.6 Å². The smallest absolute Gasteiger partial charge is 0.254 e. The lowest BCUT2D eigenvalue weighted by Crippen LogP contribution is -2.44. The maximum atomic E-state index is 13.3. The van der Waals surface area contributed by atoms with Gasteiger partial charge in [0.05, 0.1) is 5.69 Å². The van der Waals surface area contributed by atoms with E-state index in [1.807, 2.05) is 48.2 Å². The van der Waals surface area contributed by atoms with Crippen molar-refractivity contribution in [3.63, 3.8) is 0 Å². The molecule has 7 heteroatoms. The van der Waals surface area contributed by atoms with Crippen molar-refractivity contribution in [2.24, 2.45) is 0 Å². The lowest BCUT2D eigenvalue weighted by Gasteiger charge is -2.27. The first-order valence-corrected chi connectivity index (χ1v) is 13.2. The molecule has 0 atom stereocenters. The number of aryl methyl sites for hydroxylation is 2. The zero-order valence-electron chi connectivity index (χ0n) is 22.2. The second-order valence-electron chi connectivity index (χ2n) is 9.81. The van der Waals surface area contributed by atoms with E-state index in [9.17, 15) is 9.59 Å². The third kappa shape index (κ3) is 6.94. The molecule has 3 aromatic rings. The van der Waals surface area contributed by atoms with Crippen LogP contribution in [0.2, 0.25) is 0 Å². The van der Waals surface area contributed by atoms with Gasteiger partial charge in [-0.2, -0.15) is 0 Å². The summed E-state index contributed by atoms with van der Waals surface area (Å²) in [6.07, 6.45) is 2.68. The number of carbonyl (C=O) groups excluding carboxylic acids is 2. The molecule has 2 amide bonds. The van der Waals surface area contributed by atoms with E-state index in [0.717, 1.165) is 48.4 Å². The van der Waals surface area contributed by atoms with E-state index in [2.05, 4.69) is 53.2 Å². The second kappa shape index (κ2) is 12.5. The third-order valence-corrected chi connectivity index (χ3v) is 6.86. The molecular weight excluding hydrogens is 462 g/mol. The molecule has 0 N–H and O–H groups in total. The Hall–Kier alpha value is -3.74. The topological polar surface area (TPSA) is 69.6 Å². The number of aromatic nitrogens is 2. The fraction of sp³-hybridized carbons (Fsp3) is 0.400. The van der Waals surface area contributed by atoms with E-state index in [-0.39, 0.29) is 18.4 Å². The maximum Gasteiger partial charge on any atom is 0.254 e. The predicted octanol–water partition coefficient (Wildman–Crippen LogP) is 4.74. The van der Waals surface area contributed by atoms with Gasteiger partial charge < -0.3 is 14.7 Å². The fourth-order valence-electron chi connectivity index (χ4n) is 4.51. The number of benzene rings is 2. The second-order valence-corrected chi connectivity index (χ2v) is 9.81. The summed E-state index contributed by atoms with van der Waals surface area (Å²) in [7, 11) is 0. The average Bonchev–Trinajstić information content (AvgIpc) is 3.18. The van der Waals surface area contributed by atoms with E-state index < -0.39 is 0 Å². The van der Waals surface area contributed by atoms with Crippen molar-refractivity contribution in [2.75, 3.05) is 44.2 Å². The van der Waals surface area contributed by atoms with Gasteiger partial charge in [0.2, 0.25) is 5.91 Å². The minimum atomic E-state index is -0.0813. The molecule has 0 aliphatic carbocycles. The molecule has 1 aliphatic rings. The van der Waals surface area contributed by atoms with Crippen LogP contribution in [0.5, 0.6) is 0 Å². The van der Waals surface area contributed by atoms with Crippen molar-refractivity contribution < 1.29 is 9.59 Å². The van der Waals surface area contributed by atoms with Crippen LogP contribution in [0.1, 0.15) is 47.7 Å². The Morgan fingerprint density at radius 2 is 1.54 bits per heavy atom. The molecule has 2 heterocycles. The summed E-state index contributed by atoms with van der Waals surface area (Å²) in [6.45, 7) is 9.61. The zero-order chi connectivity index (χ0) is 26.2. The van der Waals surface area contributed by atoms with E-state index in [4.69, 9.17) is 0 Å². The first kappa shape index (κ1) is 26.3. The molecule has 0 radical (unpaired) electrons. The molecule has 1 saturated heterocycles. The first-order chi connectivity index (χ1) is 17.9. The molecule has 37 heavy (non-hydrogen) atoms. The van der Waals surface area contributed by atoms with Gasteiger partial charge in [0.15, 0.2) is 5.82 Å². The highest BCUT2D eigenvalue weighted by Gasteiger charge is 2.24. The van der Waals surface area contributed by atoms with Crippen LogP contribution in [-0.2, 0) is 4.79 Å². The highest BCUT2D eigenvalue weighted by atomic mass is 16.2. The number of amides is 2. The van der Waals surface area contributed by atoms with Gasteiger partial charge in [0, 0.05) is 43.9 Å². The number of hydrogen-bond donors (Lipinski definition) is 0. The van der Waals surface area contributed by atoms with E-state index in [1.165, 1.54) is 5.56 Å². The lowest BCUT2D eigenvalue weighted by molar-refractivity contribution is -0.131. The van der Waals surface area contributed by atoms with Gasteiger partial charge in [0.25, 0.3) is 5.91 Å². The van der Waals surface area contributed by atoms with Gasteiger partial charge in [-0.05, 0) is 51.0 Å². The van der Waals surface area contributed by atoms with Crippen LogP contribution in [0.3, 0.4) is 0 Å². The Labute approximate surface area is 220 Å². The molecule has 1 aromatic heterocycles. The minimum Gasteiger partial charge on any atom is -0.353 e. The van der Waals surface area contributed by atoms with E-state index in [1.54, 1.807) is 4.90 Å². The summed E-state index contributed by atoms with van der Waals surface area (Å²) in [5.74, 6) is 0.741. The summed E-state index contributed by atoms with van der Waals surface area (Å²) in [5.41, 5.74) is 4.84. The minimum absolute atomic E-state index is 0.000724. The largest absolute Gasteiger partial charge is 0.353 e. The third-order valence-electron chi connectivity index (χ3n) is 6.86. The van der Waals surface area contributed by atoms with Crippen LogP contribution in [-0.4, -0.2) is 71.1 Å². The number of unbranched alkanes of at least 4 members (excludes halogenated alkanes) is 1. The van der Waals surface area contributed by atoms with Crippen molar-refractivity contribution in [3.8, 4) is 11.3 Å². The Morgan fingerprint density at radius 3 is 2.19 bits per heavy atom. The average molecular weight is 500 g/mol. The zero-order valence-corrected chi connectivity index (χ0v) is 22.2. The number of nitrogens with zero attached hydrogens (tertiary/aromatic N) is 5. The lowest BCUT2D eigenvalue weighted by atomic mass is 10.1.